The summed E-state index contributed by atoms with van der Waals surface area (Å²) in [4.78, 5) is 34.5. The summed E-state index contributed by atoms with van der Waals surface area (Å²) in [6.45, 7) is 1.07. The van der Waals surface area contributed by atoms with E-state index in [4.69, 9.17) is 16.2 Å². The molecule has 9 nitrogen and oxygen atoms in total. The van der Waals surface area contributed by atoms with Crippen LogP contribution in [0.2, 0.25) is 0 Å². The number of urea groups is 1. The molecule has 2 atom stereocenters. The number of rotatable bonds is 5. The van der Waals surface area contributed by atoms with Crippen LogP contribution in [0.25, 0.3) is 0 Å². The lowest BCUT2D eigenvalue weighted by Crippen LogP contribution is -2.52. The summed E-state index contributed by atoms with van der Waals surface area (Å²) in [6.07, 6.45) is 0.442. The molecule has 1 rings (SSSR count). The Morgan fingerprint density at radius 3 is 2.72 bits per heavy atom. The smallest absolute Gasteiger partial charge is 0.325 e. The van der Waals surface area contributed by atoms with Crippen molar-refractivity contribution in [1.82, 2.24) is 15.5 Å². The van der Waals surface area contributed by atoms with Gasteiger partial charge in [-0.05, 0) is 6.42 Å². The summed E-state index contributed by atoms with van der Waals surface area (Å²) in [5.41, 5.74) is 5.17. The first kappa shape index (κ1) is 13.7. The molecule has 0 bridgehead atoms. The molecule has 18 heavy (non-hydrogen) atoms. The molecule has 0 saturated carbocycles. The van der Waals surface area contributed by atoms with E-state index in [2.05, 4.69) is 10.6 Å². The average molecular weight is 257 g/mol. The van der Waals surface area contributed by atoms with Gasteiger partial charge in [-0.2, -0.15) is 0 Å². The summed E-state index contributed by atoms with van der Waals surface area (Å²) in [6, 6.07) is -2.21. The lowest BCUT2D eigenvalue weighted by molar-refractivity contribution is -0.141. The normalized spacial score (nSPS) is 20.5. The van der Waals surface area contributed by atoms with Gasteiger partial charge in [-0.15, -0.1) is 0 Å². The average Bonchev–Trinajstić information content (AvgIpc) is 2.53. The van der Waals surface area contributed by atoms with E-state index in [1.807, 2.05) is 0 Å². The van der Waals surface area contributed by atoms with Gasteiger partial charge < -0.3 is 21.5 Å². The fourth-order valence-corrected chi connectivity index (χ4v) is 1.72. The molecule has 1 aliphatic rings. The van der Waals surface area contributed by atoms with E-state index in [1.54, 1.807) is 6.92 Å². The highest BCUT2D eigenvalue weighted by Gasteiger charge is 2.42. The Hall–Kier alpha value is -2.32. The van der Waals surface area contributed by atoms with Gasteiger partial charge in [0.2, 0.25) is 0 Å². The Morgan fingerprint density at radius 1 is 1.67 bits per heavy atom. The number of imide groups is 1. The molecule has 9 heteroatoms. The van der Waals surface area contributed by atoms with Gasteiger partial charge in [0, 0.05) is 0 Å². The number of guanidine groups is 1. The highest BCUT2D eigenvalue weighted by molar-refractivity contribution is 6.06. The molecule has 100 valence electrons. The molecule has 3 amide bonds. The highest BCUT2D eigenvalue weighted by atomic mass is 16.4. The van der Waals surface area contributed by atoms with Crippen molar-refractivity contribution in [1.29, 1.82) is 5.41 Å². The second kappa shape index (κ2) is 5.34. The molecule has 1 unspecified atom stereocenters. The van der Waals surface area contributed by atoms with Crippen LogP contribution in [-0.4, -0.2) is 52.5 Å². The zero-order valence-electron chi connectivity index (χ0n) is 9.77. The summed E-state index contributed by atoms with van der Waals surface area (Å²) < 4.78 is 0. The lowest BCUT2D eigenvalue weighted by Gasteiger charge is -2.21. The van der Waals surface area contributed by atoms with E-state index in [1.165, 1.54) is 0 Å². The van der Waals surface area contributed by atoms with Crippen LogP contribution in [0.1, 0.15) is 13.3 Å². The Balaban J connectivity index is 2.80. The second-order valence-corrected chi connectivity index (χ2v) is 3.82. The molecule has 0 radical (unpaired) electrons. The third-order valence-electron chi connectivity index (χ3n) is 2.53. The van der Waals surface area contributed by atoms with Gasteiger partial charge in [-0.1, -0.05) is 6.92 Å². The minimum Gasteiger partial charge on any atom is -0.480 e. The van der Waals surface area contributed by atoms with Crippen LogP contribution in [0.15, 0.2) is 0 Å². The van der Waals surface area contributed by atoms with Crippen LogP contribution < -0.4 is 16.4 Å². The van der Waals surface area contributed by atoms with Crippen molar-refractivity contribution in [2.75, 3.05) is 6.54 Å². The Kier molecular flexibility index (Phi) is 4.08. The molecule has 0 aliphatic carbocycles. The van der Waals surface area contributed by atoms with Crippen molar-refractivity contribution in [2.45, 2.75) is 25.4 Å². The number of aliphatic carboxylic acids is 1. The third-order valence-corrected chi connectivity index (χ3v) is 2.53. The van der Waals surface area contributed by atoms with Crippen LogP contribution in [0, 0.1) is 5.41 Å². The highest BCUT2D eigenvalue weighted by Crippen LogP contribution is 2.11. The fourth-order valence-electron chi connectivity index (χ4n) is 1.72. The standard InChI is InChI=1S/C9H15N5O4/c1-2-4(12-8(10)11)6-7(17)14(3-5(15)16)9(18)13-6/h4,6H,2-3H2,1H3,(H,13,18)(H,15,16)(H4,10,11,12)/t4-,6?/m0/s1. The number of hydrogen-bond donors (Lipinski definition) is 5. The number of carboxylic acid groups (broad SMARTS) is 1. The maximum Gasteiger partial charge on any atom is 0.325 e. The summed E-state index contributed by atoms with van der Waals surface area (Å²) in [7, 11) is 0. The van der Waals surface area contributed by atoms with Gasteiger partial charge in [0.15, 0.2) is 5.96 Å². The van der Waals surface area contributed by atoms with Gasteiger partial charge in [-0.25, -0.2) is 4.79 Å². The Morgan fingerprint density at radius 2 is 2.28 bits per heavy atom. The number of hydrogen-bond acceptors (Lipinski definition) is 4. The van der Waals surface area contributed by atoms with Crippen molar-refractivity contribution >= 4 is 23.9 Å². The molecule has 1 saturated heterocycles. The maximum atomic E-state index is 11.9. The van der Waals surface area contributed by atoms with E-state index < -0.39 is 36.5 Å². The van der Waals surface area contributed by atoms with Gasteiger partial charge in [0.25, 0.3) is 5.91 Å². The van der Waals surface area contributed by atoms with Crippen molar-refractivity contribution in [3.05, 3.63) is 0 Å². The number of carbonyl (C=O) groups excluding carboxylic acids is 2. The Bertz CT molecular complexity index is 396. The Labute approximate surface area is 103 Å². The van der Waals surface area contributed by atoms with E-state index in [0.29, 0.717) is 11.3 Å². The molecule has 0 aromatic carbocycles. The summed E-state index contributed by atoms with van der Waals surface area (Å²) in [5.74, 6) is -2.23. The fraction of sp³-hybridized carbons (Fsp3) is 0.556. The van der Waals surface area contributed by atoms with Crippen LogP contribution in [0.5, 0.6) is 0 Å². The first-order chi connectivity index (χ1) is 8.36. The molecule has 1 fully saturated rings. The zero-order valence-corrected chi connectivity index (χ0v) is 9.77. The van der Waals surface area contributed by atoms with E-state index in [0.717, 1.165) is 0 Å². The topological polar surface area (TPSA) is 149 Å². The van der Waals surface area contributed by atoms with Crippen molar-refractivity contribution in [3.8, 4) is 0 Å². The van der Waals surface area contributed by atoms with E-state index in [9.17, 15) is 14.4 Å². The monoisotopic (exact) mass is 257 g/mol. The van der Waals surface area contributed by atoms with Crippen LogP contribution in [0.4, 0.5) is 4.79 Å². The second-order valence-electron chi connectivity index (χ2n) is 3.82. The molecule has 1 aliphatic heterocycles. The molecular formula is C9H15N5O4. The van der Waals surface area contributed by atoms with Gasteiger partial charge in [0.05, 0.1) is 6.04 Å². The molecular weight excluding hydrogens is 242 g/mol. The van der Waals surface area contributed by atoms with Crippen LogP contribution in [-0.2, 0) is 9.59 Å². The molecule has 0 spiro atoms. The summed E-state index contributed by atoms with van der Waals surface area (Å²) >= 11 is 0. The number of nitrogens with one attached hydrogen (secondary N) is 3. The predicted molar refractivity (Wildman–Crippen MR) is 60.8 cm³/mol. The van der Waals surface area contributed by atoms with Crippen LogP contribution >= 0.6 is 0 Å². The van der Waals surface area contributed by atoms with Crippen LogP contribution in [0.3, 0.4) is 0 Å². The minimum absolute atomic E-state index is 0.319. The third kappa shape index (κ3) is 2.87. The number of nitrogens with two attached hydrogens (primary N) is 1. The first-order valence-electron chi connectivity index (χ1n) is 5.31. The van der Waals surface area contributed by atoms with Gasteiger partial charge in [0.1, 0.15) is 12.6 Å². The largest absolute Gasteiger partial charge is 0.480 e. The SMILES string of the molecule is CC[C@H](NC(=N)N)C1NC(=O)N(CC(=O)O)C1=O. The molecule has 6 N–H and O–H groups in total. The van der Waals surface area contributed by atoms with Gasteiger partial charge in [-0.3, -0.25) is 19.9 Å². The number of carbonyl (C=O) groups is 3. The minimum atomic E-state index is -1.27. The zero-order chi connectivity index (χ0) is 13.9. The quantitative estimate of drug-likeness (QED) is 0.224. The number of carboxylic acids is 1. The first-order valence-corrected chi connectivity index (χ1v) is 5.31. The lowest BCUT2D eigenvalue weighted by atomic mass is 10.1. The maximum absolute atomic E-state index is 11.9. The number of nitrogens with zero attached hydrogens (tertiary/aromatic N) is 1. The molecule has 0 aromatic heterocycles. The van der Waals surface area contributed by atoms with Gasteiger partial charge >= 0.3 is 12.0 Å². The predicted octanol–water partition coefficient (Wildman–Crippen LogP) is -1.75. The molecule has 0 aromatic rings. The number of amides is 3. The van der Waals surface area contributed by atoms with E-state index in [-0.39, 0.29) is 5.96 Å². The van der Waals surface area contributed by atoms with Crippen molar-refractivity contribution in [3.63, 3.8) is 0 Å². The summed E-state index contributed by atoms with van der Waals surface area (Å²) in [5, 5.41) is 20.6. The van der Waals surface area contributed by atoms with Crippen molar-refractivity contribution in [2.24, 2.45) is 5.73 Å². The molecule has 1 heterocycles. The van der Waals surface area contributed by atoms with E-state index >= 15 is 0 Å². The van der Waals surface area contributed by atoms with Crippen molar-refractivity contribution < 1.29 is 19.5 Å².